The third-order valence-electron chi connectivity index (χ3n) is 14.5. The van der Waals surface area contributed by atoms with Crippen LogP contribution in [0.3, 0.4) is 0 Å². The molecule has 3 atom stereocenters. The van der Waals surface area contributed by atoms with Crippen molar-refractivity contribution in [3.8, 4) is 11.5 Å². The van der Waals surface area contributed by atoms with Crippen LogP contribution in [0, 0.1) is 11.6 Å². The number of hydrogen-bond acceptors (Lipinski definition) is 19. The molecule has 0 aliphatic carbocycles. The summed E-state index contributed by atoms with van der Waals surface area (Å²) in [5.74, 6) is -1.54. The van der Waals surface area contributed by atoms with Crippen LogP contribution in [0.25, 0.3) is 12.2 Å². The zero-order valence-electron chi connectivity index (χ0n) is 52.0. The minimum absolute atomic E-state index is 0. The van der Waals surface area contributed by atoms with Crippen molar-refractivity contribution in [2.45, 2.75) is 105 Å². The summed E-state index contributed by atoms with van der Waals surface area (Å²) < 4.78 is 32.9. The molecule has 87 heavy (non-hydrogen) atoms. The Labute approximate surface area is 636 Å². The summed E-state index contributed by atoms with van der Waals surface area (Å²) in [5, 5.41) is 26.1. The zero-order valence-corrected chi connectivity index (χ0v) is 62.9. The first-order valence-corrected chi connectivity index (χ1v) is 30.0. The number of likely N-dealkylation sites (tertiary alicyclic amines) is 2. The second kappa shape index (κ2) is 48.0. The minimum atomic E-state index is -0.473. The molecule has 0 spiro atoms. The predicted molar refractivity (Wildman–Crippen MR) is 343 cm³/mol. The maximum absolute atomic E-state index is 14.0. The van der Waals surface area contributed by atoms with Crippen molar-refractivity contribution in [1.29, 1.82) is 0 Å². The number of phenolic OH excluding ortho intramolecular Hbond substituents is 1. The summed E-state index contributed by atoms with van der Waals surface area (Å²) in [5.41, 5.74) is 7.01. The van der Waals surface area contributed by atoms with E-state index in [1.54, 1.807) is 15.9 Å². The summed E-state index contributed by atoms with van der Waals surface area (Å²) in [7, 11) is 0. The van der Waals surface area contributed by atoms with Crippen molar-refractivity contribution in [2.24, 2.45) is 9.98 Å². The Morgan fingerprint density at radius 1 is 0.690 bits per heavy atom. The topological polar surface area (TPSA) is 231 Å². The number of benzene rings is 2. The van der Waals surface area contributed by atoms with E-state index in [-0.39, 0.29) is 195 Å². The second-order valence-electron chi connectivity index (χ2n) is 19.4. The molecule has 2 aromatic carbocycles. The summed E-state index contributed by atoms with van der Waals surface area (Å²) >= 11 is 7.87. The standard InChI is InChI=1S/C23H30FN5O3S.C14H14FN3O2S.C9H17ClN2O.C8H18N2.CH2O3.4ClH.2K.H/c1-3-27(4-2)18-9-12-28(15-18)23(31)32-19-8-7-17(24)13-16(19)14-20-21(30)26-22(33-20)29-11-6-5-10-25-29;15-10-3-4-11(19)9(7-10)8-12-13(20)17-14(21-12)18-6-2-1-5-16-18;1-3-11(4-2)8-5-6-12(7-8)9(10)13;1-3-10(4-2)8-5-6-9-7-8;2-1-4-3;;;;;;;/h7-8,13-14,18,25H,3-6,9-12,15H2,1-2H3;3-4,7-8,16,19H,1-2,5-6H2;8H,3-7H2,1-2H3;8-9H,3-7H2,1-2H3;1,3H;4*1H;;;/q;;;;;;;;;2*+1;-1/p-1/b20-14+;12-8-;;;;;;;;;;/t18-;;2*8-;;;;;;;;/m1.11......../s1. The molecule has 21 nitrogen and oxygen atoms in total. The smallest absolute Gasteiger partial charge is 1.00 e. The Morgan fingerprint density at radius 3 is 1.54 bits per heavy atom. The molecule has 0 aromatic heterocycles. The van der Waals surface area contributed by atoms with Crippen molar-refractivity contribution < 1.29 is 157 Å². The van der Waals surface area contributed by atoms with E-state index in [2.05, 4.69) is 87.3 Å². The molecule has 5 fully saturated rings. The van der Waals surface area contributed by atoms with Gasteiger partial charge in [0, 0.05) is 88.2 Å². The Hall–Kier alpha value is -0.787. The number of phenols is 1. The van der Waals surface area contributed by atoms with E-state index in [9.17, 15) is 33.1 Å². The number of aromatic hydroxyl groups is 1. The van der Waals surface area contributed by atoms with Crippen LogP contribution in [0.15, 0.2) is 56.2 Å². The molecule has 4 amide bonds. The number of hydrazine groups is 2. The predicted octanol–water partition coefficient (Wildman–Crippen LogP) is 2.11. The van der Waals surface area contributed by atoms with Crippen LogP contribution in [0.5, 0.6) is 11.5 Å². The van der Waals surface area contributed by atoms with Crippen molar-refractivity contribution >= 4 is 137 Å². The molecule has 0 saturated carbocycles. The van der Waals surface area contributed by atoms with Crippen molar-refractivity contribution in [3.05, 3.63) is 69.0 Å². The van der Waals surface area contributed by atoms with Crippen LogP contribution in [0.4, 0.5) is 18.4 Å². The third kappa shape index (κ3) is 28.8. The number of rotatable bonds is 13. The molecule has 7 heterocycles. The number of halogens is 7. The van der Waals surface area contributed by atoms with Gasteiger partial charge in [0.2, 0.25) is 0 Å². The normalized spacial score (nSPS) is 20.2. The molecule has 482 valence electrons. The van der Waals surface area contributed by atoms with E-state index in [0.717, 1.165) is 110 Å². The maximum atomic E-state index is 14.0. The second-order valence-corrected chi connectivity index (χ2v) is 21.8. The first-order chi connectivity index (χ1) is 39.1. The Morgan fingerprint density at radius 2 is 1.13 bits per heavy atom. The van der Waals surface area contributed by atoms with Crippen LogP contribution in [0.2, 0.25) is 0 Å². The number of amides is 4. The average molecular weight is 1420 g/mol. The van der Waals surface area contributed by atoms with Gasteiger partial charge in [0.15, 0.2) is 10.3 Å². The maximum Gasteiger partial charge on any atom is 1.00 e. The van der Waals surface area contributed by atoms with Gasteiger partial charge in [0.1, 0.15) is 23.1 Å². The number of nitrogens with zero attached hydrogens (tertiary/aromatic N) is 9. The summed E-state index contributed by atoms with van der Waals surface area (Å²) in [6.07, 6.45) is 10.1. The number of likely N-dealkylation sites (N-methyl/N-ethyl adjacent to an activating group) is 3. The zero-order chi connectivity index (χ0) is 58.8. The fourth-order valence-corrected chi connectivity index (χ4v) is 12.1. The summed E-state index contributed by atoms with van der Waals surface area (Å²) in [6.45, 7) is 27.7. The minimum Gasteiger partial charge on any atom is -1.00 e. The van der Waals surface area contributed by atoms with Crippen molar-refractivity contribution in [3.63, 3.8) is 0 Å². The molecule has 9 rings (SSSR count). The van der Waals surface area contributed by atoms with E-state index in [0.29, 0.717) is 50.9 Å². The quantitative estimate of drug-likeness (QED) is 0.0428. The number of carbonyl (C=O) groups is 5. The molecule has 4 N–H and O–H groups in total. The van der Waals surface area contributed by atoms with Gasteiger partial charge in [-0.3, -0.25) is 43.9 Å². The number of amidine groups is 2. The Kier molecular flexibility index (Phi) is 48.7. The molecule has 0 unspecified atom stereocenters. The molecule has 32 heteroatoms. The molecular weight excluding hydrogens is 1330 g/mol. The Balaban J connectivity index is -0.00000113. The molecule has 7 aliphatic rings. The van der Waals surface area contributed by atoms with Crippen molar-refractivity contribution in [1.82, 2.24) is 50.7 Å². The summed E-state index contributed by atoms with van der Waals surface area (Å²) in [4.78, 5) is 78.8. The fourth-order valence-electron chi connectivity index (χ4n) is 10.1. The Bertz CT molecular complexity index is 2550. The van der Waals surface area contributed by atoms with Crippen LogP contribution >= 0.6 is 84.8 Å². The molecule has 0 bridgehead atoms. The van der Waals surface area contributed by atoms with Gasteiger partial charge in [0.05, 0.1) is 9.81 Å². The van der Waals surface area contributed by atoms with E-state index < -0.39 is 17.7 Å². The number of carbonyl (C=O) groups excluding carboxylic acids is 5. The number of nitrogens with one attached hydrogen (secondary N) is 3. The van der Waals surface area contributed by atoms with Gasteiger partial charge in [0.25, 0.3) is 18.3 Å². The van der Waals surface area contributed by atoms with Gasteiger partial charge in [-0.2, -0.15) is 9.98 Å². The number of thioether (sulfide) groups is 2. The largest absolute Gasteiger partial charge is 1.00 e. The van der Waals surface area contributed by atoms with Gasteiger partial charge in [-0.05, 0) is 174 Å². The van der Waals surface area contributed by atoms with Gasteiger partial charge in [-0.15, -0.1) is 49.6 Å². The average Bonchev–Trinajstić information content (AvgIpc) is 4.33. The van der Waals surface area contributed by atoms with Gasteiger partial charge >= 0.3 is 114 Å². The SMILES string of the molecule is CCN(CC)[C@@H]1CCN(C(=O)Cl)C1.CCN(CC)[C@@H]1CCN(C(=O)Oc2ccc(F)cc2/C=C2/SC(N3CCCCN3)=NC2=O)C1.CCN(CC)[C@@H]1CCNC1.Cl.Cl.Cl.Cl.O=C1N=C(N2CCCCN2)S/C1=C\c1cc(F)ccc1O.O=CO[O-].[H-].[K+].[K+]. The summed E-state index contributed by atoms with van der Waals surface area (Å²) in [6, 6.07) is 9.20. The van der Waals surface area contributed by atoms with Crippen LogP contribution in [-0.4, -0.2) is 203 Å². The first-order valence-electron chi connectivity index (χ1n) is 28.0. The van der Waals surface area contributed by atoms with Crippen LogP contribution < -0.4 is 129 Å². The van der Waals surface area contributed by atoms with Gasteiger partial charge < -0.3 is 36.5 Å². The van der Waals surface area contributed by atoms with Crippen LogP contribution in [-0.2, 0) is 19.3 Å². The van der Waals surface area contributed by atoms with Crippen LogP contribution in [0.1, 0.15) is 99.0 Å². The molecule has 7 aliphatic heterocycles. The van der Waals surface area contributed by atoms with Gasteiger partial charge in [-0.1, -0.05) is 41.5 Å². The fraction of sp³-hybridized carbons (Fsp3) is 0.582. The van der Waals surface area contributed by atoms with E-state index in [1.807, 2.05) is 10.0 Å². The first kappa shape index (κ1) is 88.3. The number of ether oxygens (including phenoxy) is 1. The molecular formula is C55H85Cl5F2K2N12O9S2. The van der Waals surface area contributed by atoms with Gasteiger partial charge in [-0.25, -0.2) is 24.4 Å². The molecule has 5 saturated heterocycles. The number of hydrogen-bond donors (Lipinski definition) is 4. The van der Waals surface area contributed by atoms with E-state index in [1.165, 1.54) is 98.6 Å². The third-order valence-corrected chi connectivity index (χ3v) is 16.8. The van der Waals surface area contributed by atoms with Crippen molar-refractivity contribution in [2.75, 3.05) is 105 Å². The molecule has 2 aromatic rings. The number of aliphatic imine (C=N–C) groups is 2. The molecule has 0 radical (unpaired) electrons. The monoisotopic (exact) mass is 1410 g/mol. The van der Waals surface area contributed by atoms with E-state index >= 15 is 0 Å². The van der Waals surface area contributed by atoms with E-state index in [4.69, 9.17) is 26.4 Å².